The zero-order valence-corrected chi connectivity index (χ0v) is 15.9. The number of hydrogen-bond acceptors (Lipinski definition) is 8. The Morgan fingerprint density at radius 2 is 1.79 bits per heavy atom. The summed E-state index contributed by atoms with van der Waals surface area (Å²) in [7, 11) is 0. The minimum atomic E-state index is -0.404. The van der Waals surface area contributed by atoms with E-state index in [1.807, 2.05) is 6.07 Å². The van der Waals surface area contributed by atoms with Crippen molar-refractivity contribution in [2.24, 2.45) is 0 Å². The highest BCUT2D eigenvalue weighted by molar-refractivity contribution is 6.07. The molecule has 4 rings (SSSR count). The first-order valence-corrected chi connectivity index (χ1v) is 9.46. The number of amides is 1. The molecule has 1 amide bonds. The van der Waals surface area contributed by atoms with Crippen molar-refractivity contribution in [3.05, 3.63) is 48.7 Å². The maximum atomic E-state index is 13.0. The van der Waals surface area contributed by atoms with Crippen molar-refractivity contribution in [3.63, 3.8) is 0 Å². The number of nitrogens with two attached hydrogens (primary N) is 2. The van der Waals surface area contributed by atoms with Crippen LogP contribution in [-0.2, 0) is 0 Å². The summed E-state index contributed by atoms with van der Waals surface area (Å²) in [6.07, 6.45) is 9.81. The Morgan fingerprint density at radius 3 is 2.55 bits per heavy atom. The van der Waals surface area contributed by atoms with Crippen molar-refractivity contribution in [3.8, 4) is 11.4 Å². The molecule has 0 unspecified atom stereocenters. The molecule has 4 heterocycles. The lowest BCUT2D eigenvalue weighted by atomic mass is 10.1. The van der Waals surface area contributed by atoms with E-state index in [1.165, 1.54) is 18.8 Å². The summed E-state index contributed by atoms with van der Waals surface area (Å²) in [4.78, 5) is 32.0. The Kier molecular flexibility index (Phi) is 5.19. The maximum Gasteiger partial charge on any atom is 0.276 e. The van der Waals surface area contributed by atoms with Crippen molar-refractivity contribution in [2.45, 2.75) is 19.3 Å². The van der Waals surface area contributed by atoms with E-state index in [2.05, 4.69) is 30.2 Å². The summed E-state index contributed by atoms with van der Waals surface area (Å²) in [5, 5.41) is 2.91. The number of carbonyl (C=O) groups is 1. The lowest BCUT2D eigenvalue weighted by Gasteiger charge is -2.30. The van der Waals surface area contributed by atoms with Gasteiger partial charge in [0, 0.05) is 19.3 Å². The molecule has 5 N–H and O–H groups in total. The molecule has 1 saturated heterocycles. The molecule has 0 radical (unpaired) electrons. The Hall–Kier alpha value is -3.75. The quantitative estimate of drug-likeness (QED) is 0.617. The first-order valence-electron chi connectivity index (χ1n) is 9.46. The van der Waals surface area contributed by atoms with E-state index in [1.54, 1.807) is 24.5 Å². The fraction of sp³-hybridized carbons (Fsp3) is 0.250. The third-order valence-corrected chi connectivity index (χ3v) is 4.82. The Labute approximate surface area is 168 Å². The minimum absolute atomic E-state index is 0.120. The van der Waals surface area contributed by atoms with Crippen LogP contribution in [0, 0.1) is 0 Å². The standard InChI is InChI=1S/C20H22N8O/c21-13-4-5-14(15-11-25-18(22)12-24-15)26-19(13)20(29)27-16-10-23-7-6-17(16)28-8-2-1-3-9-28/h4-7,10-12H,1-3,8-9,21H2,(H2,22,25)(H,27,29). The van der Waals surface area contributed by atoms with Gasteiger partial charge in [-0.05, 0) is 37.5 Å². The Bertz CT molecular complexity index is 1020. The van der Waals surface area contributed by atoms with Crippen LogP contribution in [0.4, 0.5) is 22.9 Å². The van der Waals surface area contributed by atoms with Gasteiger partial charge in [0.25, 0.3) is 5.91 Å². The van der Waals surface area contributed by atoms with Crippen LogP contribution in [-0.4, -0.2) is 38.9 Å². The molecule has 0 aliphatic carbocycles. The van der Waals surface area contributed by atoms with Gasteiger partial charge in [0.05, 0.1) is 41.3 Å². The SMILES string of the molecule is Nc1cnc(-c2ccc(N)c(C(=O)Nc3cnccc3N3CCCCC3)n2)cn1. The zero-order chi connectivity index (χ0) is 20.2. The van der Waals surface area contributed by atoms with Gasteiger partial charge in [0.2, 0.25) is 0 Å². The van der Waals surface area contributed by atoms with Gasteiger partial charge in [-0.25, -0.2) is 15.0 Å². The van der Waals surface area contributed by atoms with E-state index in [-0.39, 0.29) is 11.4 Å². The molecule has 0 spiro atoms. The number of pyridine rings is 2. The molecule has 9 nitrogen and oxygen atoms in total. The second-order valence-electron chi connectivity index (χ2n) is 6.86. The predicted molar refractivity (Wildman–Crippen MR) is 112 cm³/mol. The van der Waals surface area contributed by atoms with Crippen LogP contribution >= 0.6 is 0 Å². The van der Waals surface area contributed by atoms with E-state index in [4.69, 9.17) is 11.5 Å². The lowest BCUT2D eigenvalue weighted by molar-refractivity contribution is 0.102. The number of carbonyl (C=O) groups excluding carboxylic acids is 1. The number of anilines is 4. The molecule has 3 aromatic heterocycles. The summed E-state index contributed by atoms with van der Waals surface area (Å²) in [6.45, 7) is 1.91. The number of aromatic nitrogens is 4. The molecule has 1 aliphatic heterocycles. The molecule has 148 valence electrons. The summed E-state index contributed by atoms with van der Waals surface area (Å²) in [6, 6.07) is 5.23. The van der Waals surface area contributed by atoms with Gasteiger partial charge in [-0.1, -0.05) is 0 Å². The normalized spacial score (nSPS) is 13.9. The van der Waals surface area contributed by atoms with Crippen LogP contribution in [0.15, 0.2) is 43.0 Å². The number of hydrogen-bond donors (Lipinski definition) is 3. The topological polar surface area (TPSA) is 136 Å². The van der Waals surface area contributed by atoms with Gasteiger partial charge in [0.1, 0.15) is 11.5 Å². The zero-order valence-electron chi connectivity index (χ0n) is 15.9. The smallest absolute Gasteiger partial charge is 0.276 e. The van der Waals surface area contributed by atoms with Crippen LogP contribution in [0.5, 0.6) is 0 Å². The second-order valence-corrected chi connectivity index (χ2v) is 6.86. The van der Waals surface area contributed by atoms with E-state index < -0.39 is 5.91 Å². The fourth-order valence-corrected chi connectivity index (χ4v) is 3.34. The van der Waals surface area contributed by atoms with Crippen LogP contribution < -0.4 is 21.7 Å². The van der Waals surface area contributed by atoms with Crippen LogP contribution in [0.25, 0.3) is 11.4 Å². The van der Waals surface area contributed by atoms with Crippen LogP contribution in [0.3, 0.4) is 0 Å². The molecule has 0 atom stereocenters. The third kappa shape index (κ3) is 4.08. The van der Waals surface area contributed by atoms with Gasteiger partial charge in [-0.3, -0.25) is 9.78 Å². The van der Waals surface area contributed by atoms with E-state index in [0.717, 1.165) is 31.6 Å². The third-order valence-electron chi connectivity index (χ3n) is 4.82. The van der Waals surface area contributed by atoms with Gasteiger partial charge >= 0.3 is 0 Å². The first kappa shape index (κ1) is 18.6. The van der Waals surface area contributed by atoms with Crippen molar-refractivity contribution >= 4 is 28.8 Å². The molecule has 1 fully saturated rings. The number of nitrogens with one attached hydrogen (secondary N) is 1. The van der Waals surface area contributed by atoms with Crippen molar-refractivity contribution in [1.29, 1.82) is 0 Å². The van der Waals surface area contributed by atoms with Crippen LogP contribution in [0.2, 0.25) is 0 Å². The highest BCUT2D eigenvalue weighted by Gasteiger charge is 2.19. The van der Waals surface area contributed by atoms with Crippen LogP contribution in [0.1, 0.15) is 29.8 Å². The Morgan fingerprint density at radius 1 is 0.966 bits per heavy atom. The van der Waals surface area contributed by atoms with Crippen molar-refractivity contribution in [2.75, 3.05) is 34.8 Å². The van der Waals surface area contributed by atoms with E-state index in [9.17, 15) is 4.79 Å². The summed E-state index contributed by atoms with van der Waals surface area (Å²) < 4.78 is 0. The molecule has 9 heteroatoms. The van der Waals surface area contributed by atoms with Gasteiger partial charge < -0.3 is 21.7 Å². The molecular formula is C20H22N8O. The molecule has 1 aliphatic rings. The second kappa shape index (κ2) is 8.09. The summed E-state index contributed by atoms with van der Waals surface area (Å²) in [5.41, 5.74) is 14.6. The molecule has 0 bridgehead atoms. The number of nitrogens with zero attached hydrogens (tertiary/aromatic N) is 5. The molecule has 3 aromatic rings. The highest BCUT2D eigenvalue weighted by atomic mass is 16.1. The molecule has 0 saturated carbocycles. The molecular weight excluding hydrogens is 368 g/mol. The molecule has 29 heavy (non-hydrogen) atoms. The predicted octanol–water partition coefficient (Wildman–Crippen LogP) is 2.34. The van der Waals surface area contributed by atoms with Crippen molar-refractivity contribution in [1.82, 2.24) is 19.9 Å². The van der Waals surface area contributed by atoms with Gasteiger partial charge in [0.15, 0.2) is 5.69 Å². The van der Waals surface area contributed by atoms with Gasteiger partial charge in [-0.2, -0.15) is 0 Å². The van der Waals surface area contributed by atoms with Gasteiger partial charge in [-0.15, -0.1) is 0 Å². The van der Waals surface area contributed by atoms with E-state index >= 15 is 0 Å². The van der Waals surface area contributed by atoms with E-state index in [0.29, 0.717) is 22.9 Å². The number of piperidine rings is 1. The Balaban J connectivity index is 1.61. The number of nitrogen functional groups attached to an aromatic ring is 2. The monoisotopic (exact) mass is 390 g/mol. The number of rotatable bonds is 4. The average molecular weight is 390 g/mol. The summed E-state index contributed by atoms with van der Waals surface area (Å²) >= 11 is 0. The first-order chi connectivity index (χ1) is 14.1. The summed E-state index contributed by atoms with van der Waals surface area (Å²) in [5.74, 6) is -0.0944. The average Bonchev–Trinajstić information content (AvgIpc) is 2.76. The highest BCUT2D eigenvalue weighted by Crippen LogP contribution is 2.28. The maximum absolute atomic E-state index is 13.0. The minimum Gasteiger partial charge on any atom is -0.397 e. The largest absolute Gasteiger partial charge is 0.397 e. The lowest BCUT2D eigenvalue weighted by Crippen LogP contribution is -2.30. The molecule has 0 aromatic carbocycles. The fourth-order valence-electron chi connectivity index (χ4n) is 3.34. The van der Waals surface area contributed by atoms with Crippen molar-refractivity contribution < 1.29 is 4.79 Å².